The molecule has 0 amide bonds. The number of nitrogens with zero attached hydrogens (tertiary/aromatic N) is 3. The fourth-order valence-corrected chi connectivity index (χ4v) is 3.45. The summed E-state index contributed by atoms with van der Waals surface area (Å²) in [6.07, 6.45) is 0.612. The summed E-state index contributed by atoms with van der Waals surface area (Å²) < 4.78 is 32.6. The summed E-state index contributed by atoms with van der Waals surface area (Å²) in [6, 6.07) is 9.48. The van der Waals surface area contributed by atoms with E-state index in [0.717, 1.165) is 0 Å². The van der Waals surface area contributed by atoms with E-state index in [9.17, 15) is 17.8 Å². The molecule has 140 valence electrons. The molecule has 0 fully saturated rings. The Hall–Kier alpha value is -2.62. The van der Waals surface area contributed by atoms with Crippen LogP contribution in [0.5, 0.6) is 0 Å². The minimum atomic E-state index is -4.37. The molecule has 0 radical (unpaired) electrons. The zero-order valence-electron chi connectivity index (χ0n) is 14.2. The first kappa shape index (κ1) is 19.2. The Labute approximate surface area is 160 Å². The number of hydrogen-bond acceptors (Lipinski definition) is 7. The quantitative estimate of drug-likeness (QED) is 0.598. The molecular weight excluding hydrogens is 392 g/mol. The molecule has 0 aliphatic carbocycles. The normalized spacial score (nSPS) is 11.5. The molecule has 0 spiro atoms. The third kappa shape index (κ3) is 4.57. The van der Waals surface area contributed by atoms with Gasteiger partial charge in [-0.2, -0.15) is 18.4 Å². The van der Waals surface area contributed by atoms with E-state index in [1.807, 2.05) is 0 Å². The number of ketones is 1. The summed E-state index contributed by atoms with van der Waals surface area (Å²) in [5, 5.41) is 3.86. The van der Waals surface area contributed by atoms with Crippen LogP contribution in [0.2, 0.25) is 5.28 Å². The molecule has 8 nitrogen and oxygen atoms in total. The first-order valence-electron chi connectivity index (χ1n) is 7.90. The second kappa shape index (κ2) is 7.55. The molecule has 1 aromatic heterocycles. The Bertz CT molecular complexity index is 1130. The molecule has 2 N–H and O–H groups in total. The van der Waals surface area contributed by atoms with Crippen LogP contribution in [0.25, 0.3) is 10.8 Å². The molecule has 0 saturated heterocycles. The number of rotatable bonds is 6. The van der Waals surface area contributed by atoms with E-state index in [1.54, 1.807) is 24.3 Å². The van der Waals surface area contributed by atoms with E-state index >= 15 is 0 Å². The van der Waals surface area contributed by atoms with Crippen LogP contribution in [0, 0.1) is 0 Å². The van der Waals surface area contributed by atoms with Crippen LogP contribution in [-0.2, 0) is 21.3 Å². The van der Waals surface area contributed by atoms with Gasteiger partial charge in [0.2, 0.25) is 11.2 Å². The molecule has 0 aliphatic heterocycles. The summed E-state index contributed by atoms with van der Waals surface area (Å²) >= 11 is 5.94. The third-order valence-electron chi connectivity index (χ3n) is 3.76. The third-order valence-corrected chi connectivity index (χ3v) is 4.84. The van der Waals surface area contributed by atoms with E-state index in [-0.39, 0.29) is 28.3 Å². The van der Waals surface area contributed by atoms with Crippen molar-refractivity contribution in [1.29, 1.82) is 0 Å². The number of nitrogens with one attached hydrogen (secondary N) is 1. The van der Waals surface area contributed by atoms with Crippen molar-refractivity contribution in [2.45, 2.75) is 24.7 Å². The Morgan fingerprint density at radius 2 is 1.81 bits per heavy atom. The predicted molar refractivity (Wildman–Crippen MR) is 101 cm³/mol. The molecule has 1 heterocycles. The molecule has 2 aromatic carbocycles. The van der Waals surface area contributed by atoms with Crippen LogP contribution in [0.15, 0.2) is 41.3 Å². The first-order valence-corrected chi connectivity index (χ1v) is 9.72. The van der Waals surface area contributed by atoms with Crippen molar-refractivity contribution in [3.63, 3.8) is 0 Å². The summed E-state index contributed by atoms with van der Waals surface area (Å²) in [5.74, 6) is 0.540. The minimum absolute atomic E-state index is 0.00726. The second-order valence-electron chi connectivity index (χ2n) is 5.80. The maximum absolute atomic E-state index is 11.6. The Balaban J connectivity index is 2.02. The highest BCUT2D eigenvalue weighted by Gasteiger charge is 2.16. The lowest BCUT2D eigenvalue weighted by atomic mass is 10.1. The van der Waals surface area contributed by atoms with Gasteiger partial charge in [-0.25, -0.2) is 4.98 Å². The van der Waals surface area contributed by atoms with Crippen molar-refractivity contribution in [2.24, 2.45) is 0 Å². The smallest absolute Gasteiger partial charge is 0.295 e. The standard InChI is InChI=1S/C17H15ClN4O4S/c1-10(23)6-9-15-20-16(18)22-17(21-15)19-13-7-8-14(27(24,25)26)12-5-3-2-4-11(12)13/h2-5,7-8H,6,9H2,1H3,(H,24,25,26)(H,19,20,21,22). The van der Waals surface area contributed by atoms with Gasteiger partial charge in [0, 0.05) is 29.3 Å². The molecule has 3 rings (SSSR count). The molecule has 0 bridgehead atoms. The monoisotopic (exact) mass is 406 g/mol. The predicted octanol–water partition coefficient (Wildman–Crippen LogP) is 3.19. The zero-order valence-corrected chi connectivity index (χ0v) is 15.8. The van der Waals surface area contributed by atoms with Crippen molar-refractivity contribution >= 4 is 49.9 Å². The number of fused-ring (bicyclic) bond motifs is 1. The number of aryl methyl sites for hydroxylation is 1. The molecule has 0 unspecified atom stereocenters. The van der Waals surface area contributed by atoms with Crippen LogP contribution >= 0.6 is 11.6 Å². The van der Waals surface area contributed by atoms with E-state index in [4.69, 9.17) is 11.6 Å². The van der Waals surface area contributed by atoms with Crippen LogP contribution in [0.1, 0.15) is 19.2 Å². The topological polar surface area (TPSA) is 122 Å². The number of hydrogen-bond donors (Lipinski definition) is 2. The summed E-state index contributed by atoms with van der Waals surface area (Å²) in [7, 11) is -4.37. The van der Waals surface area contributed by atoms with Gasteiger partial charge in [0.1, 0.15) is 16.5 Å². The number of Topliss-reactive ketones (excluding diaryl/α,β-unsaturated/α-hetero) is 1. The highest BCUT2D eigenvalue weighted by Crippen LogP contribution is 2.30. The maximum Gasteiger partial charge on any atom is 0.295 e. The van der Waals surface area contributed by atoms with Gasteiger partial charge in [0.15, 0.2) is 0 Å². The van der Waals surface area contributed by atoms with E-state index in [2.05, 4.69) is 20.3 Å². The van der Waals surface area contributed by atoms with E-state index in [1.165, 1.54) is 19.1 Å². The molecule has 0 atom stereocenters. The van der Waals surface area contributed by atoms with E-state index in [0.29, 0.717) is 28.7 Å². The second-order valence-corrected chi connectivity index (χ2v) is 7.53. The lowest BCUT2D eigenvalue weighted by Gasteiger charge is -2.11. The number of anilines is 2. The molecule has 0 saturated carbocycles. The molecule has 27 heavy (non-hydrogen) atoms. The lowest BCUT2D eigenvalue weighted by molar-refractivity contribution is -0.117. The molecular formula is C17H15ClN4O4S. The number of halogens is 1. The summed E-state index contributed by atoms with van der Waals surface area (Å²) in [5.41, 5.74) is 0.526. The average molecular weight is 407 g/mol. The Morgan fingerprint density at radius 3 is 2.48 bits per heavy atom. The van der Waals surface area contributed by atoms with Gasteiger partial charge in [-0.15, -0.1) is 0 Å². The number of carbonyl (C=O) groups excluding carboxylic acids is 1. The zero-order chi connectivity index (χ0) is 19.6. The van der Waals surface area contributed by atoms with Crippen LogP contribution < -0.4 is 5.32 Å². The van der Waals surface area contributed by atoms with Gasteiger partial charge in [-0.1, -0.05) is 24.3 Å². The summed E-state index contributed by atoms with van der Waals surface area (Å²) in [6.45, 7) is 1.48. The van der Waals surface area contributed by atoms with Crippen LogP contribution in [0.3, 0.4) is 0 Å². The first-order chi connectivity index (χ1) is 12.7. The van der Waals surface area contributed by atoms with Crippen molar-refractivity contribution in [3.05, 3.63) is 47.5 Å². The number of aromatic nitrogens is 3. The molecule has 0 aliphatic rings. The van der Waals surface area contributed by atoms with Crippen molar-refractivity contribution in [3.8, 4) is 0 Å². The van der Waals surface area contributed by atoms with Crippen molar-refractivity contribution < 1.29 is 17.8 Å². The Morgan fingerprint density at radius 1 is 1.11 bits per heavy atom. The lowest BCUT2D eigenvalue weighted by Crippen LogP contribution is -2.06. The van der Waals surface area contributed by atoms with E-state index < -0.39 is 10.1 Å². The number of carbonyl (C=O) groups is 1. The molecule has 10 heteroatoms. The van der Waals surface area contributed by atoms with Gasteiger partial charge in [0.25, 0.3) is 10.1 Å². The highest BCUT2D eigenvalue weighted by molar-refractivity contribution is 7.86. The average Bonchev–Trinajstić information content (AvgIpc) is 2.59. The fraction of sp³-hybridized carbons (Fsp3) is 0.176. The largest absolute Gasteiger partial charge is 0.323 e. The highest BCUT2D eigenvalue weighted by atomic mass is 35.5. The molecule has 3 aromatic rings. The number of benzene rings is 2. The fourth-order valence-electron chi connectivity index (χ4n) is 2.57. The van der Waals surface area contributed by atoms with Crippen molar-refractivity contribution in [1.82, 2.24) is 15.0 Å². The maximum atomic E-state index is 11.6. The van der Waals surface area contributed by atoms with Gasteiger partial charge in [-0.3, -0.25) is 4.55 Å². The van der Waals surface area contributed by atoms with Gasteiger partial charge < -0.3 is 10.1 Å². The van der Waals surface area contributed by atoms with Gasteiger partial charge >= 0.3 is 0 Å². The van der Waals surface area contributed by atoms with Crippen LogP contribution in [0.4, 0.5) is 11.6 Å². The van der Waals surface area contributed by atoms with Crippen LogP contribution in [-0.4, -0.2) is 33.7 Å². The Kier molecular flexibility index (Phi) is 5.36. The van der Waals surface area contributed by atoms with Crippen molar-refractivity contribution in [2.75, 3.05) is 5.32 Å². The summed E-state index contributed by atoms with van der Waals surface area (Å²) in [4.78, 5) is 23.2. The van der Waals surface area contributed by atoms with Gasteiger partial charge in [-0.05, 0) is 30.7 Å². The van der Waals surface area contributed by atoms with Gasteiger partial charge in [0.05, 0.1) is 0 Å². The minimum Gasteiger partial charge on any atom is -0.323 e. The SMILES string of the molecule is CC(=O)CCc1nc(Cl)nc(Nc2ccc(S(=O)(=O)O)c3ccccc23)n1.